The number of hydrogen-bond acceptors (Lipinski definition) is 4. The van der Waals surface area contributed by atoms with Gasteiger partial charge in [-0.2, -0.15) is 0 Å². The normalized spacial score (nSPS) is 10.8. The molecule has 4 aromatic rings. The molecular formula is C20H14IN3O. The molecule has 0 saturated heterocycles. The Morgan fingerprint density at radius 3 is 2.64 bits per heavy atom. The summed E-state index contributed by atoms with van der Waals surface area (Å²) in [6.45, 7) is 2.04. The third-order valence-electron chi connectivity index (χ3n) is 3.98. The van der Waals surface area contributed by atoms with Gasteiger partial charge in [0.05, 0.1) is 11.3 Å². The summed E-state index contributed by atoms with van der Waals surface area (Å²) in [7, 11) is 0. The quantitative estimate of drug-likeness (QED) is 0.402. The highest BCUT2D eigenvalue weighted by atomic mass is 127. The summed E-state index contributed by atoms with van der Waals surface area (Å²) in [5.41, 5.74) is 2.69. The number of halogens is 1. The number of nitrogens with zero attached hydrogens (tertiary/aromatic N) is 3. The van der Waals surface area contributed by atoms with Gasteiger partial charge in [0.25, 0.3) is 0 Å². The fourth-order valence-corrected chi connectivity index (χ4v) is 3.43. The van der Waals surface area contributed by atoms with Gasteiger partial charge in [0.15, 0.2) is 0 Å². The highest BCUT2D eigenvalue weighted by Gasteiger charge is 2.14. The van der Waals surface area contributed by atoms with Crippen molar-refractivity contribution in [1.29, 1.82) is 0 Å². The molecule has 4 nitrogen and oxygen atoms in total. The molecule has 0 saturated carbocycles. The van der Waals surface area contributed by atoms with Gasteiger partial charge < -0.3 is 4.74 Å². The summed E-state index contributed by atoms with van der Waals surface area (Å²) in [6.07, 6.45) is 4.96. The lowest BCUT2D eigenvalue weighted by atomic mass is 10.1. The fourth-order valence-electron chi connectivity index (χ4n) is 2.75. The van der Waals surface area contributed by atoms with Gasteiger partial charge in [-0.05, 0) is 64.7 Å². The van der Waals surface area contributed by atoms with Crippen LogP contribution in [0.15, 0.2) is 67.3 Å². The summed E-state index contributed by atoms with van der Waals surface area (Å²) < 4.78 is 7.48. The fraction of sp³-hybridized carbons (Fsp3) is 0.0500. The van der Waals surface area contributed by atoms with Gasteiger partial charge >= 0.3 is 0 Å². The van der Waals surface area contributed by atoms with Crippen LogP contribution in [0.3, 0.4) is 0 Å². The highest BCUT2D eigenvalue weighted by Crippen LogP contribution is 2.37. The molecule has 0 spiro atoms. The van der Waals surface area contributed by atoms with Crippen molar-refractivity contribution < 1.29 is 4.74 Å². The molecule has 2 heterocycles. The Hall–Kier alpha value is -2.54. The molecule has 0 N–H and O–H groups in total. The maximum Gasteiger partial charge on any atom is 0.228 e. The zero-order valence-corrected chi connectivity index (χ0v) is 15.6. The number of benzene rings is 2. The minimum atomic E-state index is 0.538. The second-order valence-electron chi connectivity index (χ2n) is 5.60. The van der Waals surface area contributed by atoms with E-state index in [4.69, 9.17) is 4.74 Å². The molecule has 4 rings (SSSR count). The largest absolute Gasteiger partial charge is 0.437 e. The summed E-state index contributed by atoms with van der Waals surface area (Å²) in [5.74, 6) is 1.36. The van der Waals surface area contributed by atoms with E-state index in [1.54, 1.807) is 12.4 Å². The molecule has 0 unspecified atom stereocenters. The summed E-state index contributed by atoms with van der Waals surface area (Å²) >= 11 is 2.35. The van der Waals surface area contributed by atoms with E-state index in [2.05, 4.69) is 61.8 Å². The molecule has 0 aliphatic heterocycles. The minimum absolute atomic E-state index is 0.538. The number of ether oxygens (including phenoxy) is 1. The molecule has 2 aromatic heterocycles. The Labute approximate surface area is 159 Å². The van der Waals surface area contributed by atoms with Crippen LogP contribution in [0.1, 0.15) is 5.56 Å². The number of fused-ring (bicyclic) bond motifs is 1. The van der Waals surface area contributed by atoms with Crippen molar-refractivity contribution >= 4 is 33.4 Å². The van der Waals surface area contributed by atoms with Crippen molar-refractivity contribution in [1.82, 2.24) is 15.0 Å². The van der Waals surface area contributed by atoms with E-state index < -0.39 is 0 Å². The second kappa shape index (κ2) is 6.76. The van der Waals surface area contributed by atoms with Crippen LogP contribution in [0.5, 0.6) is 11.6 Å². The summed E-state index contributed by atoms with van der Waals surface area (Å²) in [6, 6.07) is 16.1. The Morgan fingerprint density at radius 2 is 1.80 bits per heavy atom. The van der Waals surface area contributed by atoms with Crippen molar-refractivity contribution in [2.24, 2.45) is 0 Å². The van der Waals surface area contributed by atoms with Crippen molar-refractivity contribution in [2.45, 2.75) is 6.92 Å². The maximum absolute atomic E-state index is 6.29. The topological polar surface area (TPSA) is 47.9 Å². The average molecular weight is 439 g/mol. The van der Waals surface area contributed by atoms with E-state index in [0.29, 0.717) is 5.88 Å². The molecular weight excluding hydrogens is 425 g/mol. The average Bonchev–Trinajstić information content (AvgIpc) is 2.65. The first-order valence-corrected chi connectivity index (χ1v) is 8.89. The monoisotopic (exact) mass is 439 g/mol. The van der Waals surface area contributed by atoms with Crippen LogP contribution in [0.25, 0.3) is 22.0 Å². The van der Waals surface area contributed by atoms with E-state index in [-0.39, 0.29) is 0 Å². The molecule has 0 radical (unpaired) electrons. The lowest BCUT2D eigenvalue weighted by Crippen LogP contribution is -1.96. The van der Waals surface area contributed by atoms with Crippen molar-refractivity contribution in [3.8, 4) is 22.9 Å². The van der Waals surface area contributed by atoms with Crippen LogP contribution in [-0.4, -0.2) is 15.0 Å². The van der Waals surface area contributed by atoms with Crippen molar-refractivity contribution in [2.75, 3.05) is 0 Å². The van der Waals surface area contributed by atoms with E-state index in [1.165, 1.54) is 15.3 Å². The molecule has 0 aliphatic rings. The molecule has 5 heteroatoms. The van der Waals surface area contributed by atoms with Crippen LogP contribution in [-0.2, 0) is 0 Å². The molecule has 0 bridgehead atoms. The zero-order valence-electron chi connectivity index (χ0n) is 13.5. The number of rotatable bonds is 3. The smallest absolute Gasteiger partial charge is 0.228 e. The van der Waals surface area contributed by atoms with Crippen LogP contribution < -0.4 is 4.74 Å². The van der Waals surface area contributed by atoms with Crippen LogP contribution in [0, 0.1) is 10.5 Å². The Morgan fingerprint density at radius 1 is 0.880 bits per heavy atom. The SMILES string of the molecule is Cc1ccc2c(I)cccc2c1Oc1ncccc1-c1ccncn1. The first-order chi connectivity index (χ1) is 12.2. The number of hydrogen-bond donors (Lipinski definition) is 0. The standard InChI is InChI=1S/C20H14IN3O/c1-13-7-8-14-15(4-2-6-17(14)21)19(13)25-20-16(5-3-10-23-20)18-9-11-22-12-24-18/h2-12H,1H3. The van der Waals surface area contributed by atoms with Crippen LogP contribution >= 0.6 is 22.6 Å². The lowest BCUT2D eigenvalue weighted by Gasteiger charge is -2.14. The molecule has 122 valence electrons. The highest BCUT2D eigenvalue weighted by molar-refractivity contribution is 14.1. The third-order valence-corrected chi connectivity index (χ3v) is 4.92. The first-order valence-electron chi connectivity index (χ1n) is 7.81. The Bertz CT molecular complexity index is 1050. The summed E-state index contributed by atoms with van der Waals surface area (Å²) in [5, 5.41) is 2.24. The number of pyridine rings is 1. The number of aryl methyl sites for hydroxylation is 1. The third kappa shape index (κ3) is 3.07. The number of aromatic nitrogens is 3. The van der Waals surface area contributed by atoms with Gasteiger partial charge in [-0.3, -0.25) is 0 Å². The van der Waals surface area contributed by atoms with E-state index in [1.807, 2.05) is 31.2 Å². The first kappa shape index (κ1) is 16.0. The van der Waals surface area contributed by atoms with Crippen LogP contribution in [0.2, 0.25) is 0 Å². The van der Waals surface area contributed by atoms with Gasteiger partial charge in [-0.1, -0.05) is 24.3 Å². The Kier molecular flexibility index (Phi) is 4.31. The van der Waals surface area contributed by atoms with Gasteiger partial charge in [-0.25, -0.2) is 15.0 Å². The van der Waals surface area contributed by atoms with Gasteiger partial charge in [0.1, 0.15) is 12.1 Å². The van der Waals surface area contributed by atoms with Crippen molar-refractivity contribution in [3.63, 3.8) is 0 Å². The van der Waals surface area contributed by atoms with Gasteiger partial charge in [0, 0.05) is 21.4 Å². The minimum Gasteiger partial charge on any atom is -0.437 e. The Balaban J connectivity index is 1.86. The maximum atomic E-state index is 6.29. The van der Waals surface area contributed by atoms with Gasteiger partial charge in [0.2, 0.25) is 5.88 Å². The molecule has 2 aromatic carbocycles. The van der Waals surface area contributed by atoms with E-state index in [0.717, 1.165) is 28.0 Å². The predicted octanol–water partition coefficient (Wildman–Crippen LogP) is 5.40. The zero-order chi connectivity index (χ0) is 17.2. The van der Waals surface area contributed by atoms with Gasteiger partial charge in [-0.15, -0.1) is 0 Å². The molecule has 0 aliphatic carbocycles. The molecule has 0 fully saturated rings. The molecule has 25 heavy (non-hydrogen) atoms. The lowest BCUT2D eigenvalue weighted by molar-refractivity contribution is 0.466. The summed E-state index contributed by atoms with van der Waals surface area (Å²) in [4.78, 5) is 12.7. The van der Waals surface area contributed by atoms with E-state index >= 15 is 0 Å². The molecule has 0 amide bonds. The van der Waals surface area contributed by atoms with Crippen molar-refractivity contribution in [3.05, 3.63) is 76.4 Å². The second-order valence-corrected chi connectivity index (χ2v) is 6.76. The van der Waals surface area contributed by atoms with E-state index in [9.17, 15) is 0 Å². The van der Waals surface area contributed by atoms with Crippen LogP contribution in [0.4, 0.5) is 0 Å². The predicted molar refractivity (Wildman–Crippen MR) is 107 cm³/mol. The molecule has 0 atom stereocenters.